The third kappa shape index (κ3) is 10.6. The summed E-state index contributed by atoms with van der Waals surface area (Å²) in [4.78, 5) is 21.2. The van der Waals surface area contributed by atoms with Crippen molar-refractivity contribution in [3.05, 3.63) is 12.2 Å². The largest absolute Gasteiger partial charge is 0.480 e. The van der Waals surface area contributed by atoms with Gasteiger partial charge in [0.25, 0.3) is 0 Å². The first-order valence-corrected chi connectivity index (χ1v) is 7.71. The van der Waals surface area contributed by atoms with Gasteiger partial charge in [0, 0.05) is 0 Å². The molecule has 2 N–H and O–H groups in total. The van der Waals surface area contributed by atoms with Gasteiger partial charge in [0.2, 0.25) is 0 Å². The number of carbonyl (C=O) groups is 2. The van der Waals surface area contributed by atoms with Crippen molar-refractivity contribution in [2.24, 2.45) is 5.92 Å². The number of rotatable bonds is 13. The first kappa shape index (κ1) is 18.7. The van der Waals surface area contributed by atoms with Gasteiger partial charge in [-0.3, -0.25) is 9.59 Å². The van der Waals surface area contributed by atoms with Gasteiger partial charge < -0.3 is 10.2 Å². The summed E-state index contributed by atoms with van der Waals surface area (Å²) in [5, 5.41) is 17.3. The second-order valence-corrected chi connectivity index (χ2v) is 5.20. The summed E-state index contributed by atoms with van der Waals surface area (Å²) in [6.07, 6.45) is 14.9. The number of carboxylic acids is 2. The molecule has 0 aromatic rings. The number of hydrogen-bond acceptors (Lipinski definition) is 2. The Kier molecular flexibility index (Phi) is 11.9. The zero-order chi connectivity index (χ0) is 15.2. The Labute approximate surface area is 121 Å². The van der Waals surface area contributed by atoms with Gasteiger partial charge in [-0.1, -0.05) is 70.4 Å². The van der Waals surface area contributed by atoms with Gasteiger partial charge in [-0.05, 0) is 12.8 Å². The minimum absolute atomic E-state index is 0.757. The van der Waals surface area contributed by atoms with Crippen LogP contribution in [0.5, 0.6) is 0 Å². The molecule has 0 bridgehead atoms. The molecule has 0 amide bonds. The van der Waals surface area contributed by atoms with Crippen molar-refractivity contribution in [1.82, 2.24) is 0 Å². The Hall–Kier alpha value is -1.32. The van der Waals surface area contributed by atoms with Crippen molar-refractivity contribution in [1.29, 1.82) is 0 Å². The summed E-state index contributed by atoms with van der Waals surface area (Å²) in [5.41, 5.74) is 0. The smallest absolute Gasteiger partial charge is 0.321 e. The average Bonchev–Trinajstić information content (AvgIpc) is 2.39. The first-order valence-electron chi connectivity index (χ1n) is 7.71. The molecule has 0 aromatic heterocycles. The molecule has 0 spiro atoms. The Morgan fingerprint density at radius 2 is 1.30 bits per heavy atom. The molecule has 0 radical (unpaired) electrons. The molecule has 4 nitrogen and oxygen atoms in total. The number of unbranched alkanes of at least 4 members (excludes halogenated alkanes) is 9. The Morgan fingerprint density at radius 1 is 0.850 bits per heavy atom. The molecule has 0 aliphatic heterocycles. The van der Waals surface area contributed by atoms with E-state index in [0.29, 0.717) is 0 Å². The SMILES string of the molecule is CCCCCCCCCCC/C=C/C(C(=O)O)C(=O)O. The molecule has 116 valence electrons. The molecular weight excluding hydrogens is 256 g/mol. The maximum Gasteiger partial charge on any atom is 0.321 e. The lowest BCUT2D eigenvalue weighted by Crippen LogP contribution is -2.20. The number of allylic oxidation sites excluding steroid dienone is 1. The van der Waals surface area contributed by atoms with Crippen LogP contribution in [0.15, 0.2) is 12.2 Å². The molecule has 0 aromatic carbocycles. The normalized spacial score (nSPS) is 11.3. The molecule has 0 rings (SSSR count). The predicted octanol–water partition coefficient (Wildman–Crippen LogP) is 4.25. The van der Waals surface area contributed by atoms with E-state index in [1.165, 1.54) is 51.0 Å². The number of aliphatic carboxylic acids is 2. The van der Waals surface area contributed by atoms with E-state index in [4.69, 9.17) is 10.2 Å². The third-order valence-electron chi connectivity index (χ3n) is 3.33. The van der Waals surface area contributed by atoms with E-state index in [9.17, 15) is 9.59 Å². The number of carboxylic acid groups (broad SMARTS) is 2. The van der Waals surface area contributed by atoms with E-state index in [-0.39, 0.29) is 0 Å². The fourth-order valence-electron chi connectivity index (χ4n) is 2.08. The standard InChI is InChI=1S/C16H28O4/c1-2-3-4-5-6-7-8-9-10-11-12-13-14(15(17)18)16(19)20/h12-14H,2-11H2,1H3,(H,17,18)(H,19,20)/b13-12+. The fourth-order valence-corrected chi connectivity index (χ4v) is 2.08. The molecule has 0 saturated carbocycles. The van der Waals surface area contributed by atoms with Gasteiger partial charge in [-0.15, -0.1) is 0 Å². The predicted molar refractivity (Wildman–Crippen MR) is 79.7 cm³/mol. The molecule has 4 heteroatoms. The molecule has 0 heterocycles. The van der Waals surface area contributed by atoms with Crippen molar-refractivity contribution in [2.75, 3.05) is 0 Å². The minimum Gasteiger partial charge on any atom is -0.480 e. The average molecular weight is 284 g/mol. The van der Waals surface area contributed by atoms with Crippen LogP contribution in [0.3, 0.4) is 0 Å². The van der Waals surface area contributed by atoms with Crippen LogP contribution in [0.25, 0.3) is 0 Å². The molecule has 0 aliphatic rings. The summed E-state index contributed by atoms with van der Waals surface area (Å²) in [6.45, 7) is 2.22. The van der Waals surface area contributed by atoms with Crippen LogP contribution < -0.4 is 0 Å². The molecule has 0 saturated heterocycles. The quantitative estimate of drug-likeness (QED) is 0.301. The van der Waals surface area contributed by atoms with E-state index in [1.54, 1.807) is 6.08 Å². The lowest BCUT2D eigenvalue weighted by molar-refractivity contribution is -0.151. The Bertz CT molecular complexity index is 283. The summed E-state index contributed by atoms with van der Waals surface area (Å²) in [6, 6.07) is 0. The van der Waals surface area contributed by atoms with Crippen LogP contribution in [0.4, 0.5) is 0 Å². The van der Waals surface area contributed by atoms with E-state index in [2.05, 4.69) is 6.92 Å². The number of hydrogen-bond donors (Lipinski definition) is 2. The zero-order valence-corrected chi connectivity index (χ0v) is 12.5. The fraction of sp³-hybridized carbons (Fsp3) is 0.750. The van der Waals surface area contributed by atoms with Crippen molar-refractivity contribution >= 4 is 11.9 Å². The van der Waals surface area contributed by atoms with Crippen LogP contribution in [0.1, 0.15) is 71.1 Å². The van der Waals surface area contributed by atoms with Gasteiger partial charge in [0.05, 0.1) is 0 Å². The second-order valence-electron chi connectivity index (χ2n) is 5.20. The molecule has 0 unspecified atom stereocenters. The molecule has 0 fully saturated rings. The monoisotopic (exact) mass is 284 g/mol. The van der Waals surface area contributed by atoms with E-state index in [1.807, 2.05) is 0 Å². The van der Waals surface area contributed by atoms with E-state index < -0.39 is 17.9 Å². The van der Waals surface area contributed by atoms with Crippen molar-refractivity contribution in [2.45, 2.75) is 71.1 Å². The highest BCUT2D eigenvalue weighted by Gasteiger charge is 2.21. The van der Waals surface area contributed by atoms with E-state index in [0.717, 1.165) is 19.3 Å². The molecule has 0 atom stereocenters. The summed E-state index contributed by atoms with van der Waals surface area (Å²) >= 11 is 0. The van der Waals surface area contributed by atoms with Gasteiger partial charge in [-0.25, -0.2) is 0 Å². The van der Waals surface area contributed by atoms with Crippen LogP contribution >= 0.6 is 0 Å². The Morgan fingerprint density at radius 3 is 1.75 bits per heavy atom. The topological polar surface area (TPSA) is 74.6 Å². The van der Waals surface area contributed by atoms with Crippen LogP contribution in [-0.2, 0) is 9.59 Å². The first-order chi connectivity index (χ1) is 9.59. The zero-order valence-electron chi connectivity index (χ0n) is 12.5. The van der Waals surface area contributed by atoms with Gasteiger partial charge in [0.15, 0.2) is 5.92 Å². The molecule has 0 aliphatic carbocycles. The highest BCUT2D eigenvalue weighted by Crippen LogP contribution is 2.11. The molecular formula is C16H28O4. The van der Waals surface area contributed by atoms with E-state index >= 15 is 0 Å². The van der Waals surface area contributed by atoms with Crippen LogP contribution in [0.2, 0.25) is 0 Å². The summed E-state index contributed by atoms with van der Waals surface area (Å²) in [7, 11) is 0. The highest BCUT2D eigenvalue weighted by molar-refractivity contribution is 5.94. The third-order valence-corrected chi connectivity index (χ3v) is 3.33. The van der Waals surface area contributed by atoms with Crippen LogP contribution in [-0.4, -0.2) is 22.2 Å². The van der Waals surface area contributed by atoms with Crippen LogP contribution in [0, 0.1) is 5.92 Å². The maximum absolute atomic E-state index is 10.6. The van der Waals surface area contributed by atoms with Crippen molar-refractivity contribution in [3.8, 4) is 0 Å². The minimum atomic E-state index is -1.41. The molecule has 20 heavy (non-hydrogen) atoms. The lowest BCUT2D eigenvalue weighted by Gasteiger charge is -2.01. The summed E-state index contributed by atoms with van der Waals surface area (Å²) in [5.74, 6) is -4.02. The van der Waals surface area contributed by atoms with Crippen molar-refractivity contribution < 1.29 is 19.8 Å². The van der Waals surface area contributed by atoms with Gasteiger partial charge in [0.1, 0.15) is 0 Å². The lowest BCUT2D eigenvalue weighted by atomic mass is 10.1. The summed E-state index contributed by atoms with van der Waals surface area (Å²) < 4.78 is 0. The van der Waals surface area contributed by atoms with Gasteiger partial charge in [-0.2, -0.15) is 0 Å². The van der Waals surface area contributed by atoms with Crippen molar-refractivity contribution in [3.63, 3.8) is 0 Å². The van der Waals surface area contributed by atoms with Gasteiger partial charge >= 0.3 is 11.9 Å². The highest BCUT2D eigenvalue weighted by atomic mass is 16.4. The Balaban J connectivity index is 3.47. The second kappa shape index (κ2) is 12.7. The maximum atomic E-state index is 10.6.